The van der Waals surface area contributed by atoms with Crippen LogP contribution in [0.5, 0.6) is 0 Å². The molecule has 2 aromatic heterocycles. The lowest BCUT2D eigenvalue weighted by molar-refractivity contribution is 0.398. The first-order valence-corrected chi connectivity index (χ1v) is 57.2. The van der Waals surface area contributed by atoms with Crippen molar-refractivity contribution in [3.05, 3.63) is 400 Å². The van der Waals surface area contributed by atoms with E-state index in [-0.39, 0.29) is 21.7 Å². The van der Waals surface area contributed by atoms with Crippen LogP contribution >= 0.6 is 0 Å². The SMILES string of the molecule is CCCCCCCCC1(CCCCCC)c2ccccc2-c2ccc(-c3ccc4c(c3)C(C)(C)c3cc(-c5cc6c(c7oc8ccccc8c57)-c5ccc(N(c7ccc8c(c7)C(C)(C)c7cc(-c9ccc%10c(c9)C(C)(C)c9cc(-c%11ccc%12c(c%11)C(CCCCCCCC)(CCCCCCCC)c%11ccccc%11-%12)ccc9-%10)c9c(oc%10ccccc%109)c7-8)c7ccc(-c8ccccc8)cc7-c7ccccc7)cc5C6(C)C)ccc3-4)cc21. The number of hydrogen-bond donors (Lipinski definition) is 0. The van der Waals surface area contributed by atoms with E-state index in [2.05, 4.69) is 422 Å². The van der Waals surface area contributed by atoms with Gasteiger partial charge in [0.15, 0.2) is 0 Å². The van der Waals surface area contributed by atoms with Crippen molar-refractivity contribution in [2.24, 2.45) is 0 Å². The van der Waals surface area contributed by atoms with Crippen LogP contribution in [0.1, 0.15) is 317 Å². The quantitative estimate of drug-likeness (QED) is 0.0371. The molecule has 6 aliphatic rings. The predicted molar refractivity (Wildman–Crippen MR) is 634 cm³/mol. The van der Waals surface area contributed by atoms with Crippen LogP contribution in [0.15, 0.2) is 342 Å². The van der Waals surface area contributed by atoms with Gasteiger partial charge in [-0.2, -0.15) is 0 Å². The van der Waals surface area contributed by atoms with E-state index in [1.54, 1.807) is 22.3 Å². The zero-order valence-electron chi connectivity index (χ0n) is 89.9. The van der Waals surface area contributed by atoms with Crippen molar-refractivity contribution in [3.63, 3.8) is 0 Å². The number of hydrogen-bond acceptors (Lipinski definition) is 3. The van der Waals surface area contributed by atoms with Crippen LogP contribution in [-0.2, 0) is 32.5 Å². The molecule has 0 fully saturated rings. The molecule has 744 valence electrons. The van der Waals surface area contributed by atoms with Crippen LogP contribution in [0.25, 0.3) is 177 Å². The summed E-state index contributed by atoms with van der Waals surface area (Å²) < 4.78 is 14.9. The number of nitrogens with zero attached hydrogens (tertiary/aromatic N) is 1. The van der Waals surface area contributed by atoms with E-state index in [0.29, 0.717) is 0 Å². The molecule has 2 heterocycles. The maximum Gasteiger partial charge on any atom is 0.144 e. The molecule has 0 spiro atoms. The monoisotopic (exact) mass is 1940 g/mol. The second-order valence-electron chi connectivity index (χ2n) is 47.2. The van der Waals surface area contributed by atoms with Gasteiger partial charge in [0.05, 0.1) is 5.69 Å². The Balaban J connectivity index is 0.571. The molecule has 0 N–H and O–H groups in total. The van der Waals surface area contributed by atoms with Crippen LogP contribution in [0.2, 0.25) is 0 Å². The van der Waals surface area contributed by atoms with Crippen LogP contribution in [0.4, 0.5) is 17.1 Å². The van der Waals surface area contributed by atoms with Crippen molar-refractivity contribution < 1.29 is 8.83 Å². The third-order valence-electron chi connectivity index (χ3n) is 37.0. The molecule has 1 atom stereocenters. The van der Waals surface area contributed by atoms with Gasteiger partial charge in [0.2, 0.25) is 0 Å². The number of para-hydroxylation sites is 2. The van der Waals surface area contributed by atoms with E-state index in [1.165, 1.54) is 328 Å². The standard InChI is InChI=1S/C146H143NO2/c1-13-17-21-25-28-46-80-145(79-45-24-20-16-4)120-57-41-37-53-105(120)111-72-63-99(86-128(111)145)97-61-70-107-109-74-65-101(88-124(109)141(5,6)122(107)84-97)118-92-130-137(139-135(118)115-55-39-43-59-133(115)148-139)113-76-68-103(90-126(113)143(130,9)10)147(132-78-67-96(94-49-33-31-34-50-94)83-117(132)95-51-35-32-36-52-95)104-69-77-114-127(91-104)144(11,12)131-93-119(136-116-56-40-44-60-134(116)149-140(136)138(114)131)102-66-75-110-108-71-62-98(85-123(108)142(7,8)125(110)89-102)100-64-73-112-106-54-38-42-58-121(106)146(129(112)87-100,81-47-29-26-22-18-14-2)82-48-30-27-23-19-15-3/h31-44,49-78,83-93H,13-30,45-48,79-82H2,1-12H3. The summed E-state index contributed by atoms with van der Waals surface area (Å²) in [5.41, 5.74) is 52.8. The van der Waals surface area contributed by atoms with Crippen molar-refractivity contribution in [1.82, 2.24) is 0 Å². The highest BCUT2D eigenvalue weighted by Gasteiger charge is 2.49. The first-order chi connectivity index (χ1) is 72.7. The summed E-state index contributed by atoms with van der Waals surface area (Å²) in [6.07, 6.45) is 33.5. The molecule has 1 unspecified atom stereocenters. The predicted octanol–water partition coefficient (Wildman–Crippen LogP) is 42.9. The lowest BCUT2D eigenvalue weighted by atomic mass is 9.70. The molecule has 3 nitrogen and oxygen atoms in total. The molecular formula is C146H143NO2. The zero-order valence-corrected chi connectivity index (χ0v) is 89.9. The molecule has 149 heavy (non-hydrogen) atoms. The average Bonchev–Trinajstić information content (AvgIpc) is 1.51. The summed E-state index contributed by atoms with van der Waals surface area (Å²) in [6, 6.07) is 130. The Morgan fingerprint density at radius 1 is 0.195 bits per heavy atom. The number of rotatable bonds is 35. The maximum absolute atomic E-state index is 7.46. The van der Waals surface area contributed by atoms with Crippen LogP contribution in [0, 0.1) is 0 Å². The van der Waals surface area contributed by atoms with Gasteiger partial charge in [-0.3, -0.25) is 0 Å². The van der Waals surface area contributed by atoms with E-state index in [1.807, 2.05) is 0 Å². The second-order valence-corrected chi connectivity index (χ2v) is 47.2. The van der Waals surface area contributed by atoms with Gasteiger partial charge in [-0.15, -0.1) is 0 Å². The molecule has 0 saturated heterocycles. The minimum absolute atomic E-state index is 0.00816. The maximum atomic E-state index is 7.46. The minimum Gasteiger partial charge on any atom is -0.455 e. The van der Waals surface area contributed by atoms with Gasteiger partial charge < -0.3 is 13.7 Å². The fourth-order valence-corrected chi connectivity index (χ4v) is 28.9. The Morgan fingerprint density at radius 2 is 0.483 bits per heavy atom. The zero-order chi connectivity index (χ0) is 101. The molecule has 0 bridgehead atoms. The molecule has 0 saturated carbocycles. The van der Waals surface area contributed by atoms with Gasteiger partial charge in [0, 0.05) is 82.1 Å². The average molecular weight is 1940 g/mol. The van der Waals surface area contributed by atoms with E-state index in [4.69, 9.17) is 8.83 Å². The van der Waals surface area contributed by atoms with Gasteiger partial charge in [-0.05, 0) is 306 Å². The first kappa shape index (κ1) is 96.0. The highest BCUT2D eigenvalue weighted by molar-refractivity contribution is 6.20. The van der Waals surface area contributed by atoms with Crippen LogP contribution in [-0.4, -0.2) is 0 Å². The smallest absolute Gasteiger partial charge is 0.144 e. The van der Waals surface area contributed by atoms with Crippen molar-refractivity contribution >= 4 is 60.9 Å². The molecule has 19 aromatic rings. The minimum atomic E-state index is -0.482. The second kappa shape index (κ2) is 38.3. The van der Waals surface area contributed by atoms with E-state index >= 15 is 0 Å². The fraction of sp³-hybridized carbons (Fsp3) is 0.301. The number of anilines is 3. The van der Waals surface area contributed by atoms with Gasteiger partial charge in [0.1, 0.15) is 22.3 Å². The molecule has 25 rings (SSSR count). The number of furan rings is 2. The summed E-state index contributed by atoms with van der Waals surface area (Å²) in [5.74, 6) is 0. The van der Waals surface area contributed by atoms with Crippen molar-refractivity contribution in [3.8, 4) is 134 Å². The van der Waals surface area contributed by atoms with Gasteiger partial charge in [-0.25, -0.2) is 0 Å². The normalized spacial score (nSPS) is 15.7. The van der Waals surface area contributed by atoms with Crippen molar-refractivity contribution in [2.75, 3.05) is 4.90 Å². The Bertz CT molecular complexity index is 8240. The van der Waals surface area contributed by atoms with E-state index < -0.39 is 10.8 Å². The number of fused-ring (bicyclic) bond motifs is 26. The Labute approximate surface area is 884 Å². The van der Waals surface area contributed by atoms with Gasteiger partial charge in [-0.1, -0.05) is 461 Å². The van der Waals surface area contributed by atoms with Crippen LogP contribution in [0.3, 0.4) is 0 Å². The Hall–Kier alpha value is -13.9. The number of unbranched alkanes of at least 4 members (excludes halogenated alkanes) is 18. The molecule has 0 amide bonds. The fourth-order valence-electron chi connectivity index (χ4n) is 28.9. The molecule has 0 aliphatic heterocycles. The van der Waals surface area contributed by atoms with E-state index in [0.717, 1.165) is 77.6 Å². The summed E-state index contributed by atoms with van der Waals surface area (Å²) in [4.78, 5) is 2.58. The van der Waals surface area contributed by atoms with Crippen molar-refractivity contribution in [2.45, 2.75) is 283 Å². The molecule has 0 radical (unpaired) electrons. The third-order valence-corrected chi connectivity index (χ3v) is 37.0. The summed E-state index contributed by atoms with van der Waals surface area (Å²) in [6.45, 7) is 29.1. The first-order valence-electron chi connectivity index (χ1n) is 57.2. The Kier molecular flexibility index (Phi) is 24.7. The highest BCUT2D eigenvalue weighted by atomic mass is 16.3. The molecular weight excluding hydrogens is 1800 g/mol. The topological polar surface area (TPSA) is 29.5 Å². The van der Waals surface area contributed by atoms with Gasteiger partial charge in [0.25, 0.3) is 0 Å². The highest BCUT2D eigenvalue weighted by Crippen LogP contribution is 2.65. The third kappa shape index (κ3) is 15.8. The summed E-state index contributed by atoms with van der Waals surface area (Å²) in [7, 11) is 0. The molecule has 3 heteroatoms. The molecule has 17 aromatic carbocycles. The van der Waals surface area contributed by atoms with Crippen LogP contribution < -0.4 is 4.90 Å². The lowest BCUT2D eigenvalue weighted by Gasteiger charge is -2.33. The summed E-state index contributed by atoms with van der Waals surface area (Å²) in [5, 5.41) is 4.58. The number of benzene rings is 17. The molecule has 6 aliphatic carbocycles. The summed E-state index contributed by atoms with van der Waals surface area (Å²) >= 11 is 0. The largest absolute Gasteiger partial charge is 0.455 e. The van der Waals surface area contributed by atoms with Gasteiger partial charge >= 0.3 is 0 Å². The van der Waals surface area contributed by atoms with E-state index in [9.17, 15) is 0 Å². The lowest BCUT2D eigenvalue weighted by Crippen LogP contribution is -2.25. The van der Waals surface area contributed by atoms with Crippen molar-refractivity contribution in [1.29, 1.82) is 0 Å². The Morgan fingerprint density at radius 3 is 0.886 bits per heavy atom.